The molecular weight excluding hydrogens is 254 g/mol. The molecule has 0 radical (unpaired) electrons. The smallest absolute Gasteiger partial charge is 0.171 e. The molecule has 2 heterocycles. The molecule has 1 aromatic heterocycles. The van der Waals surface area contributed by atoms with E-state index in [2.05, 4.69) is 14.8 Å². The van der Waals surface area contributed by atoms with E-state index in [9.17, 15) is 0 Å². The van der Waals surface area contributed by atoms with Crippen LogP contribution in [0.25, 0.3) is 0 Å². The number of hydrogen-bond acceptors (Lipinski definition) is 5. The molecule has 1 aromatic rings. The molecule has 1 N–H and O–H groups in total. The Kier molecular flexibility index (Phi) is 5.61. The van der Waals surface area contributed by atoms with Gasteiger partial charge in [-0.2, -0.15) is 0 Å². The minimum absolute atomic E-state index is 0.149. The van der Waals surface area contributed by atoms with Crippen LogP contribution in [0, 0.1) is 0 Å². The standard InChI is InChI=1S/C15H25N3O2/c1-13(2)20-14-5-3-6-16-15(14)18-8-4-7-17(9-10-18)11-12-19/h3,5-6,13,19H,4,7-12H2,1-2H3. The van der Waals surface area contributed by atoms with Crippen LogP contribution in [0.5, 0.6) is 5.75 Å². The van der Waals surface area contributed by atoms with Gasteiger partial charge in [0.15, 0.2) is 11.6 Å². The Hall–Kier alpha value is -1.33. The Morgan fingerprint density at radius 2 is 2.15 bits per heavy atom. The van der Waals surface area contributed by atoms with E-state index in [-0.39, 0.29) is 12.7 Å². The van der Waals surface area contributed by atoms with E-state index in [0.29, 0.717) is 0 Å². The lowest BCUT2D eigenvalue weighted by Gasteiger charge is -2.25. The second-order valence-corrected chi connectivity index (χ2v) is 5.40. The maximum atomic E-state index is 9.05. The number of pyridine rings is 1. The number of hydrogen-bond donors (Lipinski definition) is 1. The van der Waals surface area contributed by atoms with Gasteiger partial charge in [0.05, 0.1) is 12.7 Å². The molecule has 0 aromatic carbocycles. The van der Waals surface area contributed by atoms with Crippen molar-refractivity contribution in [1.82, 2.24) is 9.88 Å². The zero-order valence-electron chi connectivity index (χ0n) is 12.5. The largest absolute Gasteiger partial charge is 0.487 e. The van der Waals surface area contributed by atoms with Crippen LogP contribution in [0.1, 0.15) is 20.3 Å². The van der Waals surface area contributed by atoms with Gasteiger partial charge in [-0.25, -0.2) is 4.98 Å². The summed E-state index contributed by atoms with van der Waals surface area (Å²) in [5.41, 5.74) is 0. The Labute approximate surface area is 121 Å². The zero-order chi connectivity index (χ0) is 14.4. The third kappa shape index (κ3) is 4.08. The second-order valence-electron chi connectivity index (χ2n) is 5.40. The predicted molar refractivity (Wildman–Crippen MR) is 80.4 cm³/mol. The van der Waals surface area contributed by atoms with Crippen molar-refractivity contribution in [3.05, 3.63) is 18.3 Å². The van der Waals surface area contributed by atoms with E-state index < -0.39 is 0 Å². The number of ether oxygens (including phenoxy) is 1. The summed E-state index contributed by atoms with van der Waals surface area (Å²) >= 11 is 0. The molecule has 0 amide bonds. The van der Waals surface area contributed by atoms with Crippen molar-refractivity contribution in [2.24, 2.45) is 0 Å². The molecule has 5 heteroatoms. The Bertz CT molecular complexity index is 412. The van der Waals surface area contributed by atoms with E-state index >= 15 is 0 Å². The molecule has 1 fully saturated rings. The monoisotopic (exact) mass is 279 g/mol. The fraction of sp³-hybridized carbons (Fsp3) is 0.667. The maximum Gasteiger partial charge on any atom is 0.171 e. The lowest BCUT2D eigenvalue weighted by atomic mass is 10.3. The van der Waals surface area contributed by atoms with Gasteiger partial charge in [0.1, 0.15) is 0 Å². The van der Waals surface area contributed by atoms with E-state index in [1.165, 1.54) is 0 Å². The lowest BCUT2D eigenvalue weighted by molar-refractivity contribution is 0.204. The molecule has 0 unspecified atom stereocenters. The normalized spacial score (nSPS) is 17.3. The molecule has 0 bridgehead atoms. The van der Waals surface area contributed by atoms with Crippen molar-refractivity contribution < 1.29 is 9.84 Å². The summed E-state index contributed by atoms with van der Waals surface area (Å²) in [4.78, 5) is 9.09. The second kappa shape index (κ2) is 7.45. The van der Waals surface area contributed by atoms with Gasteiger partial charge in [0.2, 0.25) is 0 Å². The van der Waals surface area contributed by atoms with Crippen LogP contribution in [-0.4, -0.2) is 60.4 Å². The van der Waals surface area contributed by atoms with E-state index in [0.717, 1.165) is 50.7 Å². The Morgan fingerprint density at radius 3 is 2.90 bits per heavy atom. The maximum absolute atomic E-state index is 9.05. The van der Waals surface area contributed by atoms with Gasteiger partial charge in [-0.05, 0) is 38.9 Å². The van der Waals surface area contributed by atoms with E-state index in [4.69, 9.17) is 9.84 Å². The van der Waals surface area contributed by atoms with Gasteiger partial charge in [0, 0.05) is 32.4 Å². The number of rotatable bonds is 5. The van der Waals surface area contributed by atoms with Gasteiger partial charge >= 0.3 is 0 Å². The van der Waals surface area contributed by atoms with Crippen LogP contribution in [0.4, 0.5) is 5.82 Å². The highest BCUT2D eigenvalue weighted by Gasteiger charge is 2.18. The topological polar surface area (TPSA) is 48.8 Å². The number of anilines is 1. The fourth-order valence-electron chi connectivity index (χ4n) is 2.51. The number of aromatic nitrogens is 1. The van der Waals surface area contributed by atoms with Crippen molar-refractivity contribution in [3.63, 3.8) is 0 Å². The first kappa shape index (κ1) is 15.1. The number of β-amino-alcohol motifs (C(OH)–C–C–N with tert-alkyl or cyclic N) is 1. The molecule has 5 nitrogen and oxygen atoms in total. The fourth-order valence-corrected chi connectivity index (χ4v) is 2.51. The third-order valence-corrected chi connectivity index (χ3v) is 3.42. The van der Waals surface area contributed by atoms with E-state index in [1.54, 1.807) is 0 Å². The van der Waals surface area contributed by atoms with Gasteiger partial charge < -0.3 is 14.7 Å². The van der Waals surface area contributed by atoms with Crippen molar-refractivity contribution in [2.45, 2.75) is 26.4 Å². The first-order valence-corrected chi connectivity index (χ1v) is 7.40. The molecule has 20 heavy (non-hydrogen) atoms. The SMILES string of the molecule is CC(C)Oc1cccnc1N1CCCN(CCO)CC1. The highest BCUT2D eigenvalue weighted by atomic mass is 16.5. The van der Waals surface area contributed by atoms with Crippen molar-refractivity contribution in [2.75, 3.05) is 44.2 Å². The van der Waals surface area contributed by atoms with Crippen LogP contribution < -0.4 is 9.64 Å². The molecular formula is C15H25N3O2. The molecule has 112 valence electrons. The first-order chi connectivity index (χ1) is 9.70. The third-order valence-electron chi connectivity index (χ3n) is 3.42. The first-order valence-electron chi connectivity index (χ1n) is 7.40. The van der Waals surface area contributed by atoms with Crippen molar-refractivity contribution in [3.8, 4) is 5.75 Å². The predicted octanol–water partition coefficient (Wildman–Crippen LogP) is 1.37. The van der Waals surface area contributed by atoms with Crippen molar-refractivity contribution in [1.29, 1.82) is 0 Å². The van der Waals surface area contributed by atoms with Crippen LogP contribution >= 0.6 is 0 Å². The molecule has 0 aliphatic carbocycles. The number of aliphatic hydroxyl groups is 1. The Balaban J connectivity index is 2.07. The van der Waals surface area contributed by atoms with Gasteiger partial charge in [-0.15, -0.1) is 0 Å². The number of nitrogens with zero attached hydrogens (tertiary/aromatic N) is 3. The average Bonchev–Trinajstić information content (AvgIpc) is 2.65. The highest BCUT2D eigenvalue weighted by Crippen LogP contribution is 2.27. The molecule has 1 aliphatic heterocycles. The summed E-state index contributed by atoms with van der Waals surface area (Å²) in [6.45, 7) is 8.93. The van der Waals surface area contributed by atoms with Crippen LogP contribution in [0.3, 0.4) is 0 Å². The summed E-state index contributed by atoms with van der Waals surface area (Å²) < 4.78 is 5.86. The van der Waals surface area contributed by atoms with Gasteiger partial charge in [-0.3, -0.25) is 4.90 Å². The van der Waals surface area contributed by atoms with Gasteiger partial charge in [0.25, 0.3) is 0 Å². The molecule has 0 atom stereocenters. The summed E-state index contributed by atoms with van der Waals surface area (Å²) in [6, 6.07) is 3.90. The molecule has 1 aliphatic rings. The van der Waals surface area contributed by atoms with Crippen molar-refractivity contribution >= 4 is 5.82 Å². The Morgan fingerprint density at radius 1 is 1.30 bits per heavy atom. The average molecular weight is 279 g/mol. The minimum Gasteiger partial charge on any atom is -0.487 e. The summed E-state index contributed by atoms with van der Waals surface area (Å²) in [7, 11) is 0. The highest BCUT2D eigenvalue weighted by molar-refractivity contribution is 5.52. The summed E-state index contributed by atoms with van der Waals surface area (Å²) in [5.74, 6) is 1.80. The lowest BCUT2D eigenvalue weighted by Crippen LogP contribution is -2.33. The van der Waals surface area contributed by atoms with Crippen LogP contribution in [0.15, 0.2) is 18.3 Å². The summed E-state index contributed by atoms with van der Waals surface area (Å²) in [5, 5.41) is 9.05. The summed E-state index contributed by atoms with van der Waals surface area (Å²) in [6.07, 6.45) is 3.05. The molecule has 1 saturated heterocycles. The van der Waals surface area contributed by atoms with Gasteiger partial charge in [-0.1, -0.05) is 0 Å². The molecule has 0 saturated carbocycles. The number of aliphatic hydroxyl groups excluding tert-OH is 1. The quantitative estimate of drug-likeness (QED) is 0.882. The van der Waals surface area contributed by atoms with Crippen LogP contribution in [-0.2, 0) is 0 Å². The molecule has 0 spiro atoms. The van der Waals surface area contributed by atoms with E-state index in [1.807, 2.05) is 32.2 Å². The molecule has 2 rings (SSSR count). The zero-order valence-corrected chi connectivity index (χ0v) is 12.5. The van der Waals surface area contributed by atoms with Crippen LogP contribution in [0.2, 0.25) is 0 Å². The minimum atomic E-state index is 0.149.